The zero-order valence-corrected chi connectivity index (χ0v) is 5.52. The minimum absolute atomic E-state index is 0.246. The highest BCUT2D eigenvalue weighted by Crippen LogP contribution is 1.71. The van der Waals surface area contributed by atoms with E-state index in [9.17, 15) is 8.42 Å². The Labute approximate surface area is 53.4 Å². The predicted molar refractivity (Wildman–Crippen MR) is 31.2 cm³/mol. The third-order valence-corrected chi connectivity index (χ3v) is 0.772. The van der Waals surface area contributed by atoms with Crippen molar-refractivity contribution in [1.82, 2.24) is 5.48 Å². The van der Waals surface area contributed by atoms with Crippen LogP contribution in [-0.4, -0.2) is 21.5 Å². The second-order valence-corrected chi connectivity index (χ2v) is 2.41. The van der Waals surface area contributed by atoms with Crippen LogP contribution in [0.2, 0.25) is 0 Å². The summed E-state index contributed by atoms with van der Waals surface area (Å²) in [7, 11) is -3.86. The molecule has 0 saturated carbocycles. The largest absolute Gasteiger partial charge is 0.349 e. The average molecular weight is 155 g/mol. The van der Waals surface area contributed by atoms with Gasteiger partial charge in [-0.2, -0.15) is 18.2 Å². The van der Waals surface area contributed by atoms with Gasteiger partial charge in [0.1, 0.15) is 0 Å². The summed E-state index contributed by atoms with van der Waals surface area (Å²) in [6, 6.07) is 0. The zero-order valence-electron chi connectivity index (χ0n) is 4.70. The standard InChI is InChI=1S/C2H9N3O3S/c3-1-2-5-8-9(4,6)7/h5H,1-3H2,(H2,4,6,7). The van der Waals surface area contributed by atoms with E-state index < -0.39 is 10.3 Å². The van der Waals surface area contributed by atoms with Gasteiger partial charge >= 0.3 is 10.3 Å². The normalized spacial score (nSPS) is 11.8. The van der Waals surface area contributed by atoms with Gasteiger partial charge in [-0.1, -0.05) is 0 Å². The molecular weight excluding hydrogens is 146 g/mol. The first-order valence-electron chi connectivity index (χ1n) is 2.20. The van der Waals surface area contributed by atoms with Crippen molar-refractivity contribution in [2.24, 2.45) is 10.9 Å². The summed E-state index contributed by atoms with van der Waals surface area (Å²) in [6.07, 6.45) is 0. The van der Waals surface area contributed by atoms with Crippen molar-refractivity contribution in [2.45, 2.75) is 0 Å². The van der Waals surface area contributed by atoms with Crippen LogP contribution >= 0.6 is 0 Å². The van der Waals surface area contributed by atoms with Crippen molar-refractivity contribution in [3.63, 3.8) is 0 Å². The molecular formula is C2H9N3O3S. The van der Waals surface area contributed by atoms with Crippen molar-refractivity contribution in [2.75, 3.05) is 13.1 Å². The minimum atomic E-state index is -3.86. The Balaban J connectivity index is 3.30. The molecule has 5 N–H and O–H groups in total. The summed E-state index contributed by atoms with van der Waals surface area (Å²) in [5.41, 5.74) is 7.02. The van der Waals surface area contributed by atoms with E-state index in [4.69, 9.17) is 5.73 Å². The quantitative estimate of drug-likeness (QED) is 0.312. The van der Waals surface area contributed by atoms with Crippen LogP contribution < -0.4 is 16.4 Å². The van der Waals surface area contributed by atoms with Gasteiger partial charge in [-0.3, -0.25) is 0 Å². The zero-order chi connectivity index (χ0) is 7.33. The van der Waals surface area contributed by atoms with Gasteiger partial charge < -0.3 is 5.73 Å². The lowest BCUT2D eigenvalue weighted by Gasteiger charge is -1.98. The highest BCUT2D eigenvalue weighted by Gasteiger charge is 1.98. The first-order chi connectivity index (χ1) is 4.06. The Morgan fingerprint density at radius 3 is 2.44 bits per heavy atom. The van der Waals surface area contributed by atoms with E-state index in [-0.39, 0.29) is 13.1 Å². The fourth-order valence-electron chi connectivity index (χ4n) is 0.183. The fourth-order valence-corrected chi connectivity index (χ4v) is 0.430. The van der Waals surface area contributed by atoms with E-state index in [2.05, 4.69) is 9.42 Å². The molecule has 0 unspecified atom stereocenters. The number of nitrogens with two attached hydrogens (primary N) is 2. The van der Waals surface area contributed by atoms with Crippen LogP contribution in [0.15, 0.2) is 0 Å². The third kappa shape index (κ3) is 7.79. The van der Waals surface area contributed by atoms with Crippen molar-refractivity contribution < 1.29 is 12.7 Å². The highest BCUT2D eigenvalue weighted by molar-refractivity contribution is 7.84. The summed E-state index contributed by atoms with van der Waals surface area (Å²) < 4.78 is 23.8. The first kappa shape index (κ1) is 8.79. The molecule has 0 amide bonds. The first-order valence-corrected chi connectivity index (χ1v) is 3.67. The molecule has 0 aromatic rings. The molecule has 7 heteroatoms. The molecule has 0 heterocycles. The lowest BCUT2D eigenvalue weighted by atomic mass is 10.7. The SMILES string of the molecule is NCCNOS(N)(=O)=O. The van der Waals surface area contributed by atoms with Crippen molar-refractivity contribution in [3.8, 4) is 0 Å². The number of hydrogen-bond donors (Lipinski definition) is 3. The van der Waals surface area contributed by atoms with Gasteiger partial charge in [-0.25, -0.2) is 5.14 Å². The molecule has 0 rings (SSSR count). The Morgan fingerprint density at radius 1 is 1.56 bits per heavy atom. The summed E-state index contributed by atoms with van der Waals surface area (Å²) in [5.74, 6) is 0. The molecule has 6 nitrogen and oxygen atoms in total. The molecule has 0 aromatic heterocycles. The van der Waals surface area contributed by atoms with Crippen LogP contribution in [0.25, 0.3) is 0 Å². The molecule has 0 saturated heterocycles. The summed E-state index contributed by atoms with van der Waals surface area (Å²) in [6.45, 7) is 0.534. The highest BCUT2D eigenvalue weighted by atomic mass is 32.2. The topological polar surface area (TPSA) is 107 Å². The van der Waals surface area contributed by atoms with Crippen LogP contribution in [0.5, 0.6) is 0 Å². The van der Waals surface area contributed by atoms with Gasteiger partial charge in [0.25, 0.3) is 0 Å². The van der Waals surface area contributed by atoms with Crippen molar-refractivity contribution in [1.29, 1.82) is 0 Å². The smallest absolute Gasteiger partial charge is 0.329 e. The van der Waals surface area contributed by atoms with E-state index in [0.717, 1.165) is 0 Å². The number of hydrogen-bond acceptors (Lipinski definition) is 5. The van der Waals surface area contributed by atoms with Gasteiger partial charge in [0, 0.05) is 13.1 Å². The molecule has 0 aliphatic heterocycles. The van der Waals surface area contributed by atoms with Crippen molar-refractivity contribution >= 4 is 10.3 Å². The Bertz CT molecular complexity index is 152. The summed E-state index contributed by atoms with van der Waals surface area (Å²) >= 11 is 0. The van der Waals surface area contributed by atoms with E-state index in [0.29, 0.717) is 0 Å². The molecule has 0 atom stereocenters. The molecule has 56 valence electrons. The van der Waals surface area contributed by atoms with Gasteiger partial charge in [-0.15, -0.1) is 0 Å². The molecule has 0 fully saturated rings. The molecule has 0 radical (unpaired) electrons. The lowest BCUT2D eigenvalue weighted by molar-refractivity contribution is 0.208. The van der Waals surface area contributed by atoms with Gasteiger partial charge in [0.15, 0.2) is 0 Å². The molecule has 0 aliphatic carbocycles. The average Bonchev–Trinajstić information content (AvgIpc) is 1.63. The fraction of sp³-hybridized carbons (Fsp3) is 1.00. The number of nitrogens with one attached hydrogen (secondary N) is 1. The third-order valence-electron chi connectivity index (χ3n) is 0.421. The van der Waals surface area contributed by atoms with Crippen molar-refractivity contribution in [3.05, 3.63) is 0 Å². The van der Waals surface area contributed by atoms with E-state index in [1.54, 1.807) is 0 Å². The maximum atomic E-state index is 9.96. The Hall–Kier alpha value is -0.210. The number of hydroxylamine groups is 1. The lowest BCUT2D eigenvalue weighted by Crippen LogP contribution is -2.29. The number of rotatable bonds is 4. The van der Waals surface area contributed by atoms with Crippen LogP contribution in [0, 0.1) is 0 Å². The Morgan fingerprint density at radius 2 is 2.11 bits per heavy atom. The maximum Gasteiger partial charge on any atom is 0.349 e. The molecule has 0 aromatic carbocycles. The van der Waals surface area contributed by atoms with Gasteiger partial charge in [0.05, 0.1) is 0 Å². The maximum absolute atomic E-state index is 9.96. The van der Waals surface area contributed by atoms with Gasteiger partial charge in [-0.05, 0) is 0 Å². The Kier molecular flexibility index (Phi) is 3.66. The van der Waals surface area contributed by atoms with Crippen LogP contribution in [0.1, 0.15) is 0 Å². The second kappa shape index (κ2) is 3.75. The second-order valence-electron chi connectivity index (χ2n) is 1.26. The summed E-state index contributed by atoms with van der Waals surface area (Å²) in [5, 5.41) is 4.42. The van der Waals surface area contributed by atoms with Crippen LogP contribution in [0.4, 0.5) is 0 Å². The van der Waals surface area contributed by atoms with Crippen LogP contribution in [-0.2, 0) is 14.6 Å². The monoisotopic (exact) mass is 155 g/mol. The van der Waals surface area contributed by atoms with E-state index in [1.807, 2.05) is 5.48 Å². The van der Waals surface area contributed by atoms with E-state index in [1.165, 1.54) is 0 Å². The minimum Gasteiger partial charge on any atom is -0.329 e. The molecule has 0 spiro atoms. The predicted octanol–water partition coefficient (Wildman–Crippen LogP) is -2.33. The molecule has 0 aliphatic rings. The van der Waals surface area contributed by atoms with Gasteiger partial charge in [0.2, 0.25) is 0 Å². The molecule has 9 heavy (non-hydrogen) atoms. The molecule has 0 bridgehead atoms. The van der Waals surface area contributed by atoms with E-state index >= 15 is 0 Å². The van der Waals surface area contributed by atoms with Crippen LogP contribution in [0.3, 0.4) is 0 Å². The summed E-state index contributed by atoms with van der Waals surface area (Å²) in [4.78, 5) is 0.